The summed E-state index contributed by atoms with van der Waals surface area (Å²) in [6.45, 7) is 0. The normalized spacial score (nSPS) is 23.0. The Balaban J connectivity index is 1.06. The number of rotatable bonds is 4. The van der Waals surface area contributed by atoms with Gasteiger partial charge in [0.2, 0.25) is 0 Å². The van der Waals surface area contributed by atoms with Crippen LogP contribution in [0.5, 0.6) is 0 Å². The van der Waals surface area contributed by atoms with Gasteiger partial charge in [-0.2, -0.15) is 0 Å². The lowest BCUT2D eigenvalue weighted by Gasteiger charge is -2.28. The van der Waals surface area contributed by atoms with Crippen LogP contribution in [-0.4, -0.2) is 17.7 Å². The molecule has 5 nitrogen and oxygen atoms in total. The molecule has 44 heavy (non-hydrogen) atoms. The number of amidine groups is 2. The summed E-state index contributed by atoms with van der Waals surface area (Å²) < 4.78 is 6.52. The predicted molar refractivity (Wildman–Crippen MR) is 179 cm³/mol. The Morgan fingerprint density at radius 3 is 2.45 bits per heavy atom. The molecule has 0 saturated heterocycles. The molecule has 4 unspecified atom stereocenters. The molecule has 5 heteroatoms. The molecule has 2 aliphatic heterocycles. The van der Waals surface area contributed by atoms with Gasteiger partial charge in [-0.25, -0.2) is 9.98 Å². The number of fused-ring (bicyclic) bond motifs is 6. The lowest BCUT2D eigenvalue weighted by molar-refractivity contribution is 0.529. The number of nitrogens with zero attached hydrogens (tertiary/aromatic N) is 3. The summed E-state index contributed by atoms with van der Waals surface area (Å²) in [5.41, 5.74) is 8.04. The lowest BCUT2D eigenvalue weighted by atomic mass is 9.91. The zero-order valence-corrected chi connectivity index (χ0v) is 24.0. The maximum atomic E-state index is 6.52. The average molecular weight is 571 g/mol. The van der Waals surface area contributed by atoms with E-state index in [1.165, 1.54) is 16.9 Å². The van der Waals surface area contributed by atoms with Crippen LogP contribution in [0, 0.1) is 5.92 Å². The van der Waals surface area contributed by atoms with Crippen LogP contribution in [0.4, 0.5) is 11.4 Å². The molecular weight excluding hydrogens is 540 g/mol. The van der Waals surface area contributed by atoms with E-state index in [-0.39, 0.29) is 18.1 Å². The van der Waals surface area contributed by atoms with Crippen LogP contribution in [-0.2, 0) is 6.42 Å². The molecule has 212 valence electrons. The van der Waals surface area contributed by atoms with Crippen molar-refractivity contribution in [3.05, 3.63) is 162 Å². The smallest absolute Gasteiger partial charge is 0.169 e. The molecule has 3 heterocycles. The van der Waals surface area contributed by atoms with E-state index in [1.807, 2.05) is 36.4 Å². The molecule has 0 bridgehead atoms. The molecule has 1 N–H and O–H groups in total. The number of allylic oxidation sites excluding steroid dienone is 2. The van der Waals surface area contributed by atoms with Crippen LogP contribution in [0.25, 0.3) is 17.0 Å². The topological polar surface area (TPSA) is 53.1 Å². The number of benzene rings is 4. The average Bonchev–Trinajstić information content (AvgIpc) is 3.64. The Labute approximate surface area is 256 Å². The van der Waals surface area contributed by atoms with E-state index in [4.69, 9.17) is 14.4 Å². The highest BCUT2D eigenvalue weighted by atomic mass is 16.3. The van der Waals surface area contributed by atoms with Crippen molar-refractivity contribution in [2.75, 3.05) is 4.90 Å². The fourth-order valence-electron chi connectivity index (χ4n) is 7.07. The molecule has 0 saturated carbocycles. The van der Waals surface area contributed by atoms with Crippen LogP contribution in [0.1, 0.15) is 40.1 Å². The first-order valence-corrected chi connectivity index (χ1v) is 15.3. The number of aliphatic imine (C=N–C) groups is 2. The van der Waals surface area contributed by atoms with E-state index in [0.29, 0.717) is 5.92 Å². The van der Waals surface area contributed by atoms with Crippen LogP contribution in [0.2, 0.25) is 0 Å². The molecule has 2 aliphatic carbocycles. The third kappa shape index (κ3) is 4.08. The molecular formula is C39H30N4O. The molecule has 0 amide bonds. The molecule has 4 aromatic carbocycles. The second-order valence-corrected chi connectivity index (χ2v) is 11.8. The largest absolute Gasteiger partial charge is 0.460 e. The molecule has 9 rings (SSSR count). The fourth-order valence-corrected chi connectivity index (χ4v) is 7.07. The maximum Gasteiger partial charge on any atom is 0.169 e. The molecule has 0 spiro atoms. The zero-order chi connectivity index (χ0) is 29.0. The van der Waals surface area contributed by atoms with E-state index in [2.05, 4.69) is 113 Å². The van der Waals surface area contributed by atoms with Gasteiger partial charge < -0.3 is 14.6 Å². The first-order chi connectivity index (χ1) is 21.8. The van der Waals surface area contributed by atoms with Gasteiger partial charge in [0, 0.05) is 46.1 Å². The summed E-state index contributed by atoms with van der Waals surface area (Å²) in [5, 5.41) is 4.72. The third-order valence-electron chi connectivity index (χ3n) is 9.18. The van der Waals surface area contributed by atoms with Gasteiger partial charge in [0.1, 0.15) is 23.0 Å². The van der Waals surface area contributed by atoms with E-state index < -0.39 is 0 Å². The minimum absolute atomic E-state index is 0.0494. The van der Waals surface area contributed by atoms with Gasteiger partial charge in [0.15, 0.2) is 6.17 Å². The van der Waals surface area contributed by atoms with Crippen LogP contribution in [0.3, 0.4) is 0 Å². The molecule has 5 aromatic rings. The predicted octanol–water partition coefficient (Wildman–Crippen LogP) is 8.50. The van der Waals surface area contributed by atoms with Gasteiger partial charge >= 0.3 is 0 Å². The van der Waals surface area contributed by atoms with Crippen molar-refractivity contribution in [1.29, 1.82) is 0 Å². The zero-order valence-electron chi connectivity index (χ0n) is 24.0. The second-order valence-electron chi connectivity index (χ2n) is 11.8. The summed E-state index contributed by atoms with van der Waals surface area (Å²) in [7, 11) is 0. The highest BCUT2D eigenvalue weighted by Gasteiger charge is 2.37. The summed E-state index contributed by atoms with van der Waals surface area (Å²) in [5.74, 6) is 3.16. The third-order valence-corrected chi connectivity index (χ3v) is 9.18. The molecule has 0 radical (unpaired) electrons. The van der Waals surface area contributed by atoms with Crippen molar-refractivity contribution in [3.63, 3.8) is 0 Å². The van der Waals surface area contributed by atoms with Crippen LogP contribution < -0.4 is 10.2 Å². The van der Waals surface area contributed by atoms with E-state index in [1.54, 1.807) is 0 Å². The number of furan rings is 1. The first-order valence-electron chi connectivity index (χ1n) is 15.3. The van der Waals surface area contributed by atoms with Gasteiger partial charge in [0.25, 0.3) is 0 Å². The van der Waals surface area contributed by atoms with Gasteiger partial charge in [-0.15, -0.1) is 0 Å². The Hall–Kier alpha value is -5.42. The number of anilines is 2. The number of hydrogen-bond acceptors (Lipinski definition) is 5. The Morgan fingerprint density at radius 2 is 1.57 bits per heavy atom. The Bertz CT molecular complexity index is 2050. The standard InChI is InChI=1S/C39H30N4O/c1-3-11-25(12-4-1)37-40-38(26-13-5-2-6-14-26)42-39(41-37)27-19-21-31-32-24-28(20-22-35(32)44-36(31)23-27)43-33-17-9-7-15-29(33)30-16-8-10-18-34(30)43/h1-22,24,27,29,33,37H,23H2,(H,40,41,42). The number of nitrogens with one attached hydrogen (secondary N) is 1. The fraction of sp³-hybridized carbons (Fsp3) is 0.128. The Kier molecular flexibility index (Phi) is 5.76. The minimum atomic E-state index is -0.300. The molecule has 1 aromatic heterocycles. The van der Waals surface area contributed by atoms with Crippen molar-refractivity contribution >= 4 is 40.1 Å². The van der Waals surface area contributed by atoms with E-state index in [9.17, 15) is 0 Å². The van der Waals surface area contributed by atoms with Crippen molar-refractivity contribution < 1.29 is 4.42 Å². The summed E-state index contributed by atoms with van der Waals surface area (Å²) in [6.07, 6.45) is 13.9. The second kappa shape index (κ2) is 10.1. The molecule has 4 aliphatic rings. The van der Waals surface area contributed by atoms with Crippen LogP contribution in [0.15, 0.2) is 148 Å². The van der Waals surface area contributed by atoms with Crippen molar-refractivity contribution in [2.24, 2.45) is 15.9 Å². The lowest BCUT2D eigenvalue weighted by Crippen LogP contribution is -2.40. The van der Waals surface area contributed by atoms with Gasteiger partial charge in [0.05, 0.1) is 6.04 Å². The molecule has 4 atom stereocenters. The number of hydrogen-bond donors (Lipinski definition) is 1. The van der Waals surface area contributed by atoms with E-state index >= 15 is 0 Å². The van der Waals surface area contributed by atoms with Crippen molar-refractivity contribution in [1.82, 2.24) is 5.32 Å². The number of para-hydroxylation sites is 1. The molecule has 0 fully saturated rings. The maximum absolute atomic E-state index is 6.52. The van der Waals surface area contributed by atoms with Crippen molar-refractivity contribution in [2.45, 2.75) is 24.5 Å². The summed E-state index contributed by atoms with van der Waals surface area (Å²) in [6, 6.07) is 36.3. The summed E-state index contributed by atoms with van der Waals surface area (Å²) >= 11 is 0. The quantitative estimate of drug-likeness (QED) is 0.236. The van der Waals surface area contributed by atoms with Gasteiger partial charge in [-0.3, -0.25) is 0 Å². The van der Waals surface area contributed by atoms with E-state index in [0.717, 1.165) is 51.5 Å². The highest BCUT2D eigenvalue weighted by Crippen LogP contribution is 2.48. The van der Waals surface area contributed by atoms with Crippen molar-refractivity contribution in [3.8, 4) is 0 Å². The minimum Gasteiger partial charge on any atom is -0.460 e. The SMILES string of the molecule is C1=CC2c3ccccc3N(c3ccc4oc5c(c4c3)C=CC(C3=NC(c4ccccc4)N=C(c4ccccc4)N3)C5)C2C=C1. The van der Waals surface area contributed by atoms with Gasteiger partial charge in [-0.05, 0) is 35.4 Å². The van der Waals surface area contributed by atoms with Crippen LogP contribution >= 0.6 is 0 Å². The summed E-state index contributed by atoms with van der Waals surface area (Å²) in [4.78, 5) is 12.6. The van der Waals surface area contributed by atoms with Gasteiger partial charge in [-0.1, -0.05) is 115 Å². The Morgan fingerprint density at radius 1 is 0.773 bits per heavy atom. The highest BCUT2D eigenvalue weighted by molar-refractivity contribution is 6.12. The first kappa shape index (κ1) is 25.1. The monoisotopic (exact) mass is 570 g/mol.